The summed E-state index contributed by atoms with van der Waals surface area (Å²) in [5.74, 6) is -0.00690. The van der Waals surface area contributed by atoms with Gasteiger partial charge in [-0.1, -0.05) is 18.7 Å². The number of fused-ring (bicyclic) bond motifs is 1. The van der Waals surface area contributed by atoms with Crippen LogP contribution < -0.4 is 4.90 Å². The van der Waals surface area contributed by atoms with Crippen molar-refractivity contribution in [1.29, 1.82) is 0 Å². The summed E-state index contributed by atoms with van der Waals surface area (Å²) in [4.78, 5) is 23.2. The minimum Gasteiger partial charge on any atom is -0.369 e. The first-order valence-electron chi connectivity index (χ1n) is 11.4. The van der Waals surface area contributed by atoms with Crippen molar-refractivity contribution in [3.63, 3.8) is 0 Å². The molecule has 0 bridgehead atoms. The standard InChI is InChI=1S/C25H30N6O/c1-3-24(32)30-12-4-5-21(18-30)31-23-10-11-26-17-22(23)25(27-31)19-6-8-20(9-7-19)29-15-13-28(2)14-16-29/h3,6-11,17,21H,1,4-5,12-16,18H2,2H3/t21-/m1/s1. The van der Waals surface area contributed by atoms with E-state index < -0.39 is 0 Å². The third-order valence-electron chi connectivity index (χ3n) is 6.75. The van der Waals surface area contributed by atoms with Crippen LogP contribution in [0.1, 0.15) is 18.9 Å². The van der Waals surface area contributed by atoms with E-state index in [0.717, 1.165) is 67.7 Å². The predicted octanol–water partition coefficient (Wildman–Crippen LogP) is 3.20. The van der Waals surface area contributed by atoms with Crippen molar-refractivity contribution in [3.05, 3.63) is 55.4 Å². The number of carbonyl (C=O) groups is 1. The first-order valence-corrected chi connectivity index (χ1v) is 11.4. The van der Waals surface area contributed by atoms with Gasteiger partial charge in [0.15, 0.2) is 0 Å². The van der Waals surface area contributed by atoms with Crippen LogP contribution in [0, 0.1) is 0 Å². The van der Waals surface area contributed by atoms with E-state index >= 15 is 0 Å². The molecule has 1 amide bonds. The van der Waals surface area contributed by atoms with Crippen LogP contribution in [0.4, 0.5) is 5.69 Å². The smallest absolute Gasteiger partial charge is 0.246 e. The fourth-order valence-electron chi connectivity index (χ4n) is 4.85. The SMILES string of the molecule is C=CC(=O)N1CCC[C@@H](n2nc(-c3ccc(N4CCN(C)CC4)cc3)c3cnccc32)C1. The van der Waals surface area contributed by atoms with Gasteiger partial charge in [-0.2, -0.15) is 5.10 Å². The average Bonchev–Trinajstić information content (AvgIpc) is 3.24. The number of likely N-dealkylation sites (N-methyl/N-ethyl adjacent to an activating group) is 1. The van der Waals surface area contributed by atoms with E-state index in [9.17, 15) is 4.79 Å². The lowest BCUT2D eigenvalue weighted by Crippen LogP contribution is -2.44. The highest BCUT2D eigenvalue weighted by atomic mass is 16.2. The Balaban J connectivity index is 1.45. The summed E-state index contributed by atoms with van der Waals surface area (Å²) in [6.07, 6.45) is 7.09. The lowest BCUT2D eigenvalue weighted by atomic mass is 10.1. The molecule has 4 heterocycles. The van der Waals surface area contributed by atoms with Crippen molar-refractivity contribution < 1.29 is 4.79 Å². The Labute approximate surface area is 188 Å². The van der Waals surface area contributed by atoms with Gasteiger partial charge in [0, 0.05) is 68.3 Å². The number of piperidine rings is 1. The quantitative estimate of drug-likeness (QED) is 0.595. The summed E-state index contributed by atoms with van der Waals surface area (Å²) in [6, 6.07) is 10.9. The van der Waals surface area contributed by atoms with Crippen molar-refractivity contribution in [3.8, 4) is 11.3 Å². The molecule has 0 N–H and O–H groups in total. The average molecular weight is 431 g/mol. The number of benzene rings is 1. The van der Waals surface area contributed by atoms with E-state index in [2.05, 4.69) is 57.4 Å². The van der Waals surface area contributed by atoms with Gasteiger partial charge >= 0.3 is 0 Å². The Morgan fingerprint density at radius 3 is 2.62 bits per heavy atom. The molecule has 2 aliphatic heterocycles. The number of anilines is 1. The molecule has 1 aromatic carbocycles. The fourth-order valence-corrected chi connectivity index (χ4v) is 4.85. The molecule has 0 radical (unpaired) electrons. The van der Waals surface area contributed by atoms with E-state index in [1.54, 1.807) is 0 Å². The van der Waals surface area contributed by atoms with Gasteiger partial charge in [0.25, 0.3) is 0 Å². The van der Waals surface area contributed by atoms with Crippen LogP contribution in [-0.4, -0.2) is 76.8 Å². The molecule has 2 aromatic heterocycles. The number of aromatic nitrogens is 3. The summed E-state index contributed by atoms with van der Waals surface area (Å²) < 4.78 is 2.10. The van der Waals surface area contributed by atoms with Crippen molar-refractivity contribution in [2.75, 3.05) is 51.2 Å². The topological polar surface area (TPSA) is 57.5 Å². The first-order chi connectivity index (χ1) is 15.6. The molecular formula is C25H30N6O. The second-order valence-electron chi connectivity index (χ2n) is 8.81. The number of rotatable bonds is 4. The van der Waals surface area contributed by atoms with E-state index in [-0.39, 0.29) is 11.9 Å². The van der Waals surface area contributed by atoms with Crippen molar-refractivity contribution in [1.82, 2.24) is 24.6 Å². The van der Waals surface area contributed by atoms with Crippen LogP contribution in [0.3, 0.4) is 0 Å². The van der Waals surface area contributed by atoms with Gasteiger partial charge in [-0.25, -0.2) is 0 Å². The van der Waals surface area contributed by atoms with Gasteiger partial charge in [0.1, 0.15) is 5.69 Å². The molecule has 166 valence electrons. The van der Waals surface area contributed by atoms with Gasteiger partial charge in [0.2, 0.25) is 5.91 Å². The number of pyridine rings is 1. The molecular weight excluding hydrogens is 400 g/mol. The van der Waals surface area contributed by atoms with Crippen molar-refractivity contribution in [2.45, 2.75) is 18.9 Å². The molecule has 3 aromatic rings. The number of hydrogen-bond donors (Lipinski definition) is 0. The number of likely N-dealkylation sites (tertiary alicyclic amines) is 1. The Hall–Kier alpha value is -3.19. The molecule has 1 atom stereocenters. The highest BCUT2D eigenvalue weighted by Gasteiger charge is 2.26. The first kappa shape index (κ1) is 20.7. The van der Waals surface area contributed by atoms with Crippen molar-refractivity contribution in [2.24, 2.45) is 0 Å². The number of hydrogen-bond acceptors (Lipinski definition) is 5. The number of nitrogens with zero attached hydrogens (tertiary/aromatic N) is 6. The highest BCUT2D eigenvalue weighted by Crippen LogP contribution is 2.33. The lowest BCUT2D eigenvalue weighted by Gasteiger charge is -2.34. The maximum atomic E-state index is 12.2. The highest BCUT2D eigenvalue weighted by molar-refractivity contribution is 5.93. The maximum Gasteiger partial charge on any atom is 0.246 e. The summed E-state index contributed by atoms with van der Waals surface area (Å²) in [6.45, 7) is 9.38. The Morgan fingerprint density at radius 2 is 1.88 bits per heavy atom. The van der Waals surface area contributed by atoms with Crippen LogP contribution in [0.5, 0.6) is 0 Å². The predicted molar refractivity (Wildman–Crippen MR) is 128 cm³/mol. The Bertz CT molecular complexity index is 1110. The number of piperazine rings is 1. The Morgan fingerprint density at radius 1 is 1.09 bits per heavy atom. The van der Waals surface area contributed by atoms with E-state index in [1.807, 2.05) is 23.4 Å². The molecule has 5 rings (SSSR count). The normalized spacial score (nSPS) is 20.0. The summed E-state index contributed by atoms with van der Waals surface area (Å²) >= 11 is 0. The zero-order chi connectivity index (χ0) is 22.1. The van der Waals surface area contributed by atoms with E-state index in [4.69, 9.17) is 5.10 Å². The fraction of sp³-hybridized carbons (Fsp3) is 0.400. The minimum atomic E-state index is -0.00690. The monoisotopic (exact) mass is 430 g/mol. The van der Waals surface area contributed by atoms with Crippen LogP contribution in [0.25, 0.3) is 22.2 Å². The number of amides is 1. The largest absolute Gasteiger partial charge is 0.369 e. The third-order valence-corrected chi connectivity index (χ3v) is 6.75. The molecule has 2 aliphatic rings. The van der Waals surface area contributed by atoms with Gasteiger partial charge in [-0.05, 0) is 44.2 Å². The summed E-state index contributed by atoms with van der Waals surface area (Å²) in [5, 5.41) is 6.10. The zero-order valence-corrected chi connectivity index (χ0v) is 18.7. The van der Waals surface area contributed by atoms with E-state index in [0.29, 0.717) is 6.54 Å². The summed E-state index contributed by atoms with van der Waals surface area (Å²) in [7, 11) is 2.18. The molecule has 0 spiro atoms. The molecule has 7 heteroatoms. The van der Waals surface area contributed by atoms with Gasteiger partial charge in [-0.3, -0.25) is 14.5 Å². The maximum absolute atomic E-state index is 12.2. The molecule has 2 saturated heterocycles. The minimum absolute atomic E-state index is 0.00690. The summed E-state index contributed by atoms with van der Waals surface area (Å²) in [5.41, 5.74) is 4.37. The second-order valence-corrected chi connectivity index (χ2v) is 8.81. The third kappa shape index (κ3) is 3.88. The van der Waals surface area contributed by atoms with Gasteiger partial charge in [-0.15, -0.1) is 0 Å². The van der Waals surface area contributed by atoms with Crippen LogP contribution in [0.2, 0.25) is 0 Å². The van der Waals surface area contributed by atoms with Crippen LogP contribution >= 0.6 is 0 Å². The molecule has 0 saturated carbocycles. The van der Waals surface area contributed by atoms with E-state index in [1.165, 1.54) is 11.8 Å². The second kappa shape index (κ2) is 8.74. The molecule has 7 nitrogen and oxygen atoms in total. The van der Waals surface area contributed by atoms with Crippen LogP contribution in [-0.2, 0) is 4.79 Å². The molecule has 0 unspecified atom stereocenters. The van der Waals surface area contributed by atoms with Gasteiger partial charge in [0.05, 0.1) is 11.6 Å². The van der Waals surface area contributed by atoms with Gasteiger partial charge < -0.3 is 14.7 Å². The molecule has 32 heavy (non-hydrogen) atoms. The molecule has 2 fully saturated rings. The Kier molecular flexibility index (Phi) is 5.66. The lowest BCUT2D eigenvalue weighted by molar-refractivity contribution is -0.127. The van der Waals surface area contributed by atoms with Crippen molar-refractivity contribution >= 4 is 22.5 Å². The number of carbonyl (C=O) groups excluding carboxylic acids is 1. The van der Waals surface area contributed by atoms with Crippen LogP contribution in [0.15, 0.2) is 55.4 Å². The molecule has 0 aliphatic carbocycles. The zero-order valence-electron chi connectivity index (χ0n) is 18.7.